The fraction of sp³-hybridized carbons (Fsp3) is 0.111. The number of hydrogen-bond donors (Lipinski definition) is 2. The summed E-state index contributed by atoms with van der Waals surface area (Å²) in [7, 11) is 0. The topological polar surface area (TPSA) is 38.0 Å². The molecule has 0 saturated carbocycles. The van der Waals surface area contributed by atoms with Crippen molar-refractivity contribution in [1.82, 2.24) is 5.32 Å². The van der Waals surface area contributed by atoms with Gasteiger partial charge in [0, 0.05) is 13.1 Å². The van der Waals surface area contributed by atoms with E-state index in [1.807, 2.05) is 0 Å². The summed E-state index contributed by atoms with van der Waals surface area (Å²) in [5.74, 6) is 0. The van der Waals surface area contributed by atoms with E-state index in [0.717, 1.165) is 13.1 Å². The monoisotopic (exact) mass is 376 g/mol. The van der Waals surface area contributed by atoms with Crippen LogP contribution in [0.1, 0.15) is 5.56 Å². The van der Waals surface area contributed by atoms with Crippen LogP contribution in [-0.4, -0.2) is 13.1 Å². The van der Waals surface area contributed by atoms with Gasteiger partial charge >= 0.3 is 0 Å². The molecule has 1 fully saturated rings. The van der Waals surface area contributed by atoms with Gasteiger partial charge in [0.25, 0.3) is 0 Å². The molecule has 1 heterocycles. The van der Waals surface area contributed by atoms with Gasteiger partial charge in [0.1, 0.15) is 0 Å². The van der Waals surface area contributed by atoms with Crippen molar-refractivity contribution in [3.05, 3.63) is 109 Å². The summed E-state index contributed by atoms with van der Waals surface area (Å²) in [6.07, 6.45) is 0. The molecule has 2 heteroatoms. The fourth-order valence-electron chi connectivity index (χ4n) is 3.98. The van der Waals surface area contributed by atoms with E-state index >= 15 is 0 Å². The summed E-state index contributed by atoms with van der Waals surface area (Å²) in [6.45, 7) is 1.68. The normalized spacial score (nSPS) is 14.9. The first kappa shape index (κ1) is 17.9. The van der Waals surface area contributed by atoms with E-state index in [4.69, 9.17) is 5.73 Å². The van der Waals surface area contributed by atoms with E-state index in [1.54, 1.807) is 0 Å². The van der Waals surface area contributed by atoms with Crippen LogP contribution in [0.25, 0.3) is 33.4 Å². The standard InChI is InChI=1S/C27H24N2/c28-27(18-29-19-27)26-13-11-22(12-14-26)25-16-23(20-7-3-1-4-8-20)15-24(17-25)21-9-5-2-6-10-21/h1-17,29H,18-19,28H2. The van der Waals surface area contributed by atoms with Gasteiger partial charge in [-0.05, 0) is 57.1 Å². The van der Waals surface area contributed by atoms with Gasteiger partial charge in [0.2, 0.25) is 0 Å². The summed E-state index contributed by atoms with van der Waals surface area (Å²) in [5.41, 5.74) is 14.8. The van der Waals surface area contributed by atoms with E-state index in [9.17, 15) is 0 Å². The third-order valence-electron chi connectivity index (χ3n) is 5.82. The zero-order chi connectivity index (χ0) is 19.7. The second-order valence-corrected chi connectivity index (χ2v) is 7.87. The average Bonchev–Trinajstić information content (AvgIpc) is 2.78. The highest BCUT2D eigenvalue weighted by molar-refractivity contribution is 5.81. The zero-order valence-electron chi connectivity index (χ0n) is 16.3. The Labute approximate surface area is 172 Å². The molecular weight excluding hydrogens is 352 g/mol. The molecule has 1 aliphatic rings. The van der Waals surface area contributed by atoms with Crippen molar-refractivity contribution in [3.8, 4) is 33.4 Å². The highest BCUT2D eigenvalue weighted by Gasteiger charge is 2.33. The Bertz CT molecular complexity index is 1050. The summed E-state index contributed by atoms with van der Waals surface area (Å²) in [4.78, 5) is 0. The fourth-order valence-corrected chi connectivity index (χ4v) is 3.98. The molecule has 2 nitrogen and oxygen atoms in total. The Morgan fingerprint density at radius 3 is 1.31 bits per heavy atom. The van der Waals surface area contributed by atoms with Crippen molar-refractivity contribution in [3.63, 3.8) is 0 Å². The maximum atomic E-state index is 6.45. The molecule has 0 aliphatic carbocycles. The molecule has 29 heavy (non-hydrogen) atoms. The Morgan fingerprint density at radius 1 is 0.517 bits per heavy atom. The van der Waals surface area contributed by atoms with Crippen molar-refractivity contribution in [2.45, 2.75) is 5.54 Å². The molecule has 4 aromatic rings. The van der Waals surface area contributed by atoms with Crippen LogP contribution in [0.15, 0.2) is 103 Å². The highest BCUT2D eigenvalue weighted by atomic mass is 15.1. The van der Waals surface area contributed by atoms with Gasteiger partial charge in [-0.2, -0.15) is 0 Å². The second kappa shape index (κ2) is 7.32. The number of hydrogen-bond acceptors (Lipinski definition) is 2. The van der Waals surface area contributed by atoms with Crippen molar-refractivity contribution in [1.29, 1.82) is 0 Å². The van der Waals surface area contributed by atoms with Crippen LogP contribution in [0.3, 0.4) is 0 Å². The number of rotatable bonds is 4. The Balaban J connectivity index is 1.60. The predicted octanol–water partition coefficient (Wildman–Crippen LogP) is 5.44. The summed E-state index contributed by atoms with van der Waals surface area (Å²) in [5, 5.41) is 3.27. The smallest absolute Gasteiger partial charge is 0.0662 e. The van der Waals surface area contributed by atoms with Crippen LogP contribution in [0.2, 0.25) is 0 Å². The van der Waals surface area contributed by atoms with Crippen LogP contribution in [-0.2, 0) is 5.54 Å². The summed E-state index contributed by atoms with van der Waals surface area (Å²) in [6, 6.07) is 36.7. The molecule has 142 valence electrons. The molecule has 0 aromatic heterocycles. The predicted molar refractivity (Wildman–Crippen MR) is 121 cm³/mol. The SMILES string of the molecule is NC1(c2ccc(-c3cc(-c4ccccc4)cc(-c4ccccc4)c3)cc2)CNC1. The van der Waals surface area contributed by atoms with Crippen molar-refractivity contribution < 1.29 is 0 Å². The van der Waals surface area contributed by atoms with Crippen LogP contribution in [0.5, 0.6) is 0 Å². The van der Waals surface area contributed by atoms with E-state index in [-0.39, 0.29) is 5.54 Å². The Hall–Kier alpha value is -3.20. The first-order valence-electron chi connectivity index (χ1n) is 10.1. The van der Waals surface area contributed by atoms with Gasteiger partial charge in [-0.25, -0.2) is 0 Å². The largest absolute Gasteiger partial charge is 0.319 e. The van der Waals surface area contributed by atoms with Crippen molar-refractivity contribution in [2.75, 3.05) is 13.1 Å². The second-order valence-electron chi connectivity index (χ2n) is 7.87. The van der Waals surface area contributed by atoms with Crippen LogP contribution in [0, 0.1) is 0 Å². The van der Waals surface area contributed by atoms with Gasteiger partial charge in [-0.3, -0.25) is 0 Å². The minimum Gasteiger partial charge on any atom is -0.319 e. The molecule has 0 atom stereocenters. The third-order valence-corrected chi connectivity index (χ3v) is 5.82. The van der Waals surface area contributed by atoms with Gasteiger partial charge < -0.3 is 11.1 Å². The van der Waals surface area contributed by atoms with E-state index in [2.05, 4.69) is 108 Å². The molecule has 3 N–H and O–H groups in total. The molecule has 0 unspecified atom stereocenters. The maximum absolute atomic E-state index is 6.45. The lowest BCUT2D eigenvalue weighted by Gasteiger charge is -2.39. The zero-order valence-corrected chi connectivity index (χ0v) is 16.3. The highest BCUT2D eigenvalue weighted by Crippen LogP contribution is 2.33. The quantitative estimate of drug-likeness (QED) is 0.497. The van der Waals surface area contributed by atoms with E-state index < -0.39 is 0 Å². The lowest BCUT2D eigenvalue weighted by atomic mass is 9.84. The van der Waals surface area contributed by atoms with Gasteiger partial charge in [0.05, 0.1) is 5.54 Å². The average molecular weight is 377 g/mol. The van der Waals surface area contributed by atoms with Crippen LogP contribution >= 0.6 is 0 Å². The molecular formula is C27H24N2. The number of nitrogens with two attached hydrogens (primary N) is 1. The number of nitrogens with one attached hydrogen (secondary N) is 1. The minimum atomic E-state index is -0.223. The van der Waals surface area contributed by atoms with Crippen LogP contribution < -0.4 is 11.1 Å². The number of benzene rings is 4. The minimum absolute atomic E-state index is 0.223. The van der Waals surface area contributed by atoms with Gasteiger partial charge in [-0.15, -0.1) is 0 Å². The third kappa shape index (κ3) is 3.49. The molecule has 5 rings (SSSR count). The lowest BCUT2D eigenvalue weighted by Crippen LogP contribution is -2.62. The lowest BCUT2D eigenvalue weighted by molar-refractivity contribution is 0.287. The first-order chi connectivity index (χ1) is 14.2. The Morgan fingerprint density at radius 2 is 0.931 bits per heavy atom. The maximum Gasteiger partial charge on any atom is 0.0662 e. The summed E-state index contributed by atoms with van der Waals surface area (Å²) >= 11 is 0. The van der Waals surface area contributed by atoms with Crippen molar-refractivity contribution >= 4 is 0 Å². The van der Waals surface area contributed by atoms with Crippen LogP contribution in [0.4, 0.5) is 0 Å². The Kier molecular flexibility index (Phi) is 4.51. The van der Waals surface area contributed by atoms with Crippen molar-refractivity contribution in [2.24, 2.45) is 5.73 Å². The van der Waals surface area contributed by atoms with Gasteiger partial charge in [0.15, 0.2) is 0 Å². The molecule has 1 aliphatic heterocycles. The van der Waals surface area contributed by atoms with E-state index in [1.165, 1.54) is 38.9 Å². The molecule has 0 bridgehead atoms. The molecule has 0 amide bonds. The molecule has 0 radical (unpaired) electrons. The first-order valence-corrected chi connectivity index (χ1v) is 10.1. The summed E-state index contributed by atoms with van der Waals surface area (Å²) < 4.78 is 0. The molecule has 0 spiro atoms. The van der Waals surface area contributed by atoms with E-state index in [0.29, 0.717) is 0 Å². The molecule has 4 aromatic carbocycles. The van der Waals surface area contributed by atoms with Gasteiger partial charge in [-0.1, -0.05) is 84.9 Å². The molecule has 1 saturated heterocycles.